The topological polar surface area (TPSA) is 107 Å². The minimum absolute atomic E-state index is 0.00374. The number of fused-ring (bicyclic) bond motifs is 1. The lowest BCUT2D eigenvalue weighted by Gasteiger charge is -2.25. The van der Waals surface area contributed by atoms with Crippen LogP contribution in [0.15, 0.2) is 84.9 Å². The molecule has 1 atom stereocenters. The summed E-state index contributed by atoms with van der Waals surface area (Å²) in [6, 6.07) is 26.3. The molecule has 9 nitrogen and oxygen atoms in total. The van der Waals surface area contributed by atoms with E-state index in [1.54, 1.807) is 30.3 Å². The maximum Gasteiger partial charge on any atom is 0.344 e. The van der Waals surface area contributed by atoms with Crippen molar-refractivity contribution in [1.29, 1.82) is 0 Å². The Bertz CT molecular complexity index is 2100. The van der Waals surface area contributed by atoms with Crippen LogP contribution in [0.25, 0.3) is 10.8 Å². The van der Waals surface area contributed by atoms with Gasteiger partial charge >= 0.3 is 17.9 Å². The zero-order valence-corrected chi connectivity index (χ0v) is 40.0. The number of carbonyl (C=O) groups is 3. The van der Waals surface area contributed by atoms with Gasteiger partial charge in [0.25, 0.3) is 17.8 Å². The molecule has 66 heavy (non-hydrogen) atoms. The Morgan fingerprint density at radius 1 is 0.500 bits per heavy atom. The van der Waals surface area contributed by atoms with Crippen LogP contribution < -0.4 is 14.2 Å². The van der Waals surface area contributed by atoms with E-state index >= 15 is 0 Å². The van der Waals surface area contributed by atoms with E-state index in [4.69, 9.17) is 14.2 Å². The number of carbonyl (C=O) groups excluding carboxylic acids is 3. The summed E-state index contributed by atoms with van der Waals surface area (Å²) in [5.41, 5.74) is 3.64. The van der Waals surface area contributed by atoms with E-state index in [9.17, 15) is 40.7 Å². The molecule has 0 saturated heterocycles. The molecule has 0 aliphatic rings. The van der Waals surface area contributed by atoms with Crippen LogP contribution in [0.5, 0.6) is 17.2 Å². The molecule has 0 aliphatic carbocycles. The van der Waals surface area contributed by atoms with Gasteiger partial charge in [-0.15, -0.1) is 0 Å². The molecule has 15 heteroatoms. The van der Waals surface area contributed by atoms with Gasteiger partial charge < -0.3 is 28.4 Å². The highest BCUT2D eigenvalue weighted by molar-refractivity contribution is 5.92. The van der Waals surface area contributed by atoms with Crippen molar-refractivity contribution in [2.75, 3.05) is 39.6 Å². The first-order chi connectivity index (χ1) is 30.6. The van der Waals surface area contributed by atoms with Crippen LogP contribution in [0, 0.1) is 0 Å². The molecule has 0 amide bonds. The summed E-state index contributed by atoms with van der Waals surface area (Å²) < 4.78 is 105. The fourth-order valence-electron chi connectivity index (χ4n) is 5.69. The van der Waals surface area contributed by atoms with Crippen molar-refractivity contribution in [3.63, 3.8) is 0 Å². The number of hydrogen-bond acceptors (Lipinski definition) is 9. The third-order valence-corrected chi connectivity index (χ3v) is 10.6. The standard InChI is InChI=1S/C20H24F2O3.C16H22F2O3.C15H20F2O3/c1-5-19(2,3)16-10-6-9-15-14(16)8-7-11-17(15)24-12-18(23)25-13-20(4,21)22;1-5-15(2,3)12-6-8-13(9-7-12)20-10-14(19)21-11-16(4,17)18;1-4-11(2)12-5-7-13(8-6-12)19-9-14(18)20-10-15(3,16)17/h6-11H,5,12-13H2,1-4H3;6-9H,5,10-11H2,1-4H3;5-8,11H,4,9-10H2,1-3H3. The van der Waals surface area contributed by atoms with Gasteiger partial charge in [0, 0.05) is 26.2 Å². The van der Waals surface area contributed by atoms with E-state index in [0.717, 1.165) is 30.0 Å². The second kappa shape index (κ2) is 25.4. The van der Waals surface area contributed by atoms with Crippen molar-refractivity contribution in [2.24, 2.45) is 0 Å². The predicted octanol–water partition coefficient (Wildman–Crippen LogP) is 12.8. The van der Waals surface area contributed by atoms with E-state index in [2.05, 4.69) is 75.7 Å². The number of rotatable bonds is 21. The zero-order chi connectivity index (χ0) is 49.9. The Hall–Kier alpha value is -5.47. The fourth-order valence-corrected chi connectivity index (χ4v) is 5.69. The second-order valence-electron chi connectivity index (χ2n) is 17.6. The van der Waals surface area contributed by atoms with Crippen molar-refractivity contribution in [2.45, 2.75) is 130 Å². The number of esters is 3. The molecule has 4 aromatic rings. The SMILES string of the molecule is CCC(C)(C)c1ccc(OCC(=O)OCC(C)(F)F)cc1.CCC(C)(C)c1cccc2c(OCC(=O)OCC(C)(F)F)cccc12.CCC(C)c1ccc(OCC(=O)OCC(C)(F)F)cc1. The maximum absolute atomic E-state index is 12.7. The Kier molecular flexibility index (Phi) is 21.8. The number of benzene rings is 4. The first-order valence-corrected chi connectivity index (χ1v) is 21.8. The minimum atomic E-state index is -3.05. The molecule has 4 rings (SSSR count). The molecule has 1 unspecified atom stereocenters. The summed E-state index contributed by atoms with van der Waals surface area (Å²) in [7, 11) is 0. The lowest BCUT2D eigenvalue weighted by Crippen LogP contribution is -2.24. The average molecular weight is 937 g/mol. The van der Waals surface area contributed by atoms with Crippen LogP contribution in [0.1, 0.15) is 118 Å². The summed E-state index contributed by atoms with van der Waals surface area (Å²) in [6.45, 7) is 15.2. The quantitative estimate of drug-likeness (QED) is 0.0458. The number of hydrogen-bond donors (Lipinski definition) is 0. The molecule has 0 aliphatic heterocycles. The summed E-state index contributed by atoms with van der Waals surface area (Å²) in [4.78, 5) is 34.1. The van der Waals surface area contributed by atoms with E-state index < -0.39 is 62.1 Å². The fraction of sp³-hybridized carbons (Fsp3) is 0.510. The number of ether oxygens (including phenoxy) is 6. The van der Waals surface area contributed by atoms with Gasteiger partial charge in [-0.25, -0.2) is 40.7 Å². The summed E-state index contributed by atoms with van der Waals surface area (Å²) in [5.74, 6) is -9.52. The highest BCUT2D eigenvalue weighted by Crippen LogP contribution is 2.36. The van der Waals surface area contributed by atoms with Gasteiger partial charge in [-0.1, -0.05) is 110 Å². The average Bonchev–Trinajstić information content (AvgIpc) is 3.26. The van der Waals surface area contributed by atoms with Crippen molar-refractivity contribution >= 4 is 28.7 Å². The van der Waals surface area contributed by atoms with Gasteiger partial charge in [-0.2, -0.15) is 0 Å². The first-order valence-electron chi connectivity index (χ1n) is 21.8. The van der Waals surface area contributed by atoms with Crippen molar-refractivity contribution in [3.8, 4) is 17.2 Å². The van der Waals surface area contributed by atoms with Crippen LogP contribution in [0.4, 0.5) is 26.3 Å². The monoisotopic (exact) mass is 936 g/mol. The first kappa shape index (κ1) is 56.7. The highest BCUT2D eigenvalue weighted by atomic mass is 19.3. The third-order valence-electron chi connectivity index (χ3n) is 10.6. The Morgan fingerprint density at radius 2 is 0.894 bits per heavy atom. The normalized spacial score (nSPS) is 12.4. The van der Waals surface area contributed by atoms with Gasteiger partial charge in [0.05, 0.1) is 0 Å². The molecular weight excluding hydrogens is 871 g/mol. The smallest absolute Gasteiger partial charge is 0.344 e. The van der Waals surface area contributed by atoms with Crippen LogP contribution in [0.2, 0.25) is 0 Å². The summed E-state index contributed by atoms with van der Waals surface area (Å²) in [5, 5.41) is 1.94. The van der Waals surface area contributed by atoms with Crippen LogP contribution in [0.3, 0.4) is 0 Å². The van der Waals surface area contributed by atoms with E-state index in [1.807, 2.05) is 48.5 Å². The lowest BCUT2D eigenvalue weighted by molar-refractivity contribution is -0.156. The molecule has 366 valence electrons. The van der Waals surface area contributed by atoms with Crippen molar-refractivity contribution < 1.29 is 69.1 Å². The van der Waals surface area contributed by atoms with E-state index in [0.29, 0.717) is 43.9 Å². The number of halogens is 6. The predicted molar refractivity (Wildman–Crippen MR) is 243 cm³/mol. The second-order valence-corrected chi connectivity index (χ2v) is 17.6. The molecule has 0 saturated carbocycles. The highest BCUT2D eigenvalue weighted by Gasteiger charge is 2.26. The Balaban J connectivity index is 0.000000343. The molecule has 0 heterocycles. The Morgan fingerprint density at radius 3 is 1.30 bits per heavy atom. The lowest BCUT2D eigenvalue weighted by atomic mass is 9.79. The third kappa shape index (κ3) is 21.2. The molecule has 0 bridgehead atoms. The molecule has 0 radical (unpaired) electrons. The van der Waals surface area contributed by atoms with Crippen molar-refractivity contribution in [1.82, 2.24) is 0 Å². The van der Waals surface area contributed by atoms with Gasteiger partial charge in [0.2, 0.25) is 0 Å². The van der Waals surface area contributed by atoms with E-state index in [-0.39, 0.29) is 24.0 Å². The molecule has 0 fully saturated rings. The zero-order valence-electron chi connectivity index (χ0n) is 40.0. The van der Waals surface area contributed by atoms with E-state index in [1.165, 1.54) is 16.7 Å². The van der Waals surface area contributed by atoms with Gasteiger partial charge in [0.15, 0.2) is 39.6 Å². The maximum atomic E-state index is 12.7. The molecule has 0 N–H and O–H groups in total. The molecule has 0 aromatic heterocycles. The van der Waals surface area contributed by atoms with Crippen molar-refractivity contribution in [3.05, 3.63) is 102 Å². The molecular formula is C51H66F6O9. The molecule has 4 aromatic carbocycles. The number of alkyl halides is 6. The van der Waals surface area contributed by atoms with Gasteiger partial charge in [-0.3, -0.25) is 0 Å². The summed E-state index contributed by atoms with van der Waals surface area (Å²) in [6.07, 6.45) is 3.03. The molecule has 0 spiro atoms. The largest absolute Gasteiger partial charge is 0.482 e. The van der Waals surface area contributed by atoms with Gasteiger partial charge in [0.1, 0.15) is 17.2 Å². The Labute approximate surface area is 385 Å². The summed E-state index contributed by atoms with van der Waals surface area (Å²) >= 11 is 0. The van der Waals surface area contributed by atoms with Gasteiger partial charge in [-0.05, 0) is 88.4 Å². The van der Waals surface area contributed by atoms with Crippen LogP contribution >= 0.6 is 0 Å². The minimum Gasteiger partial charge on any atom is -0.482 e. The van der Waals surface area contributed by atoms with Crippen LogP contribution in [-0.4, -0.2) is 75.3 Å². The van der Waals surface area contributed by atoms with Crippen LogP contribution in [-0.2, 0) is 39.4 Å².